The van der Waals surface area contributed by atoms with Gasteiger partial charge in [0.2, 0.25) is 5.91 Å². The van der Waals surface area contributed by atoms with Crippen molar-refractivity contribution in [3.05, 3.63) is 102 Å². The van der Waals surface area contributed by atoms with Crippen molar-refractivity contribution >= 4 is 17.6 Å². The smallest absolute Gasteiger partial charge is 0.319 e. The molecule has 36 heavy (non-hydrogen) atoms. The number of carbonyl (C=O) groups is 2. The molecule has 1 heterocycles. The van der Waals surface area contributed by atoms with Crippen molar-refractivity contribution in [1.82, 2.24) is 20.4 Å². The third-order valence-electron chi connectivity index (χ3n) is 5.53. The maximum Gasteiger partial charge on any atom is 0.319 e. The van der Waals surface area contributed by atoms with E-state index in [1.807, 2.05) is 59.4 Å². The summed E-state index contributed by atoms with van der Waals surface area (Å²) in [7, 11) is 1.58. The monoisotopic (exact) mass is 483 g/mol. The second-order valence-corrected chi connectivity index (χ2v) is 8.19. The zero-order valence-corrected chi connectivity index (χ0v) is 20.1. The number of anilines is 1. The Morgan fingerprint density at radius 2 is 1.58 bits per heavy atom. The van der Waals surface area contributed by atoms with E-state index < -0.39 is 0 Å². The molecule has 0 saturated heterocycles. The molecule has 0 aliphatic rings. The minimum absolute atomic E-state index is 0.158. The maximum absolute atomic E-state index is 12.4. The van der Waals surface area contributed by atoms with Crippen LogP contribution in [0.5, 0.6) is 5.75 Å². The summed E-state index contributed by atoms with van der Waals surface area (Å²) in [6, 6.07) is 26.7. The van der Waals surface area contributed by atoms with Crippen LogP contribution in [0.4, 0.5) is 10.5 Å². The van der Waals surface area contributed by atoms with Gasteiger partial charge in [0, 0.05) is 42.5 Å². The minimum Gasteiger partial charge on any atom is -0.497 e. The Morgan fingerprint density at radius 1 is 0.889 bits per heavy atom. The van der Waals surface area contributed by atoms with E-state index in [-0.39, 0.29) is 24.9 Å². The first kappa shape index (κ1) is 24.5. The highest BCUT2D eigenvalue weighted by molar-refractivity contribution is 5.89. The van der Waals surface area contributed by atoms with Crippen LogP contribution in [0.25, 0.3) is 11.3 Å². The molecule has 0 spiro atoms. The number of hydrogen-bond donors (Lipinski definition) is 3. The number of aromatic nitrogens is 2. The minimum atomic E-state index is -0.374. The van der Waals surface area contributed by atoms with Crippen LogP contribution in [0.1, 0.15) is 17.5 Å². The highest BCUT2D eigenvalue weighted by Gasteiger charge is 2.13. The van der Waals surface area contributed by atoms with Crippen molar-refractivity contribution in [2.24, 2.45) is 0 Å². The van der Waals surface area contributed by atoms with Crippen LogP contribution in [-0.2, 0) is 17.9 Å². The molecule has 8 heteroatoms. The van der Waals surface area contributed by atoms with Gasteiger partial charge >= 0.3 is 6.03 Å². The Balaban J connectivity index is 1.30. The van der Waals surface area contributed by atoms with Gasteiger partial charge in [0.1, 0.15) is 5.75 Å². The number of urea groups is 1. The van der Waals surface area contributed by atoms with Crippen molar-refractivity contribution < 1.29 is 14.3 Å². The number of nitrogens with one attached hydrogen (secondary N) is 3. The van der Waals surface area contributed by atoms with Gasteiger partial charge in [-0.3, -0.25) is 9.48 Å². The molecule has 1 aromatic heterocycles. The molecule has 4 rings (SSSR count). The lowest BCUT2D eigenvalue weighted by molar-refractivity contribution is -0.121. The normalized spacial score (nSPS) is 10.5. The Bertz CT molecular complexity index is 1270. The Labute approximate surface area is 210 Å². The first-order chi connectivity index (χ1) is 17.6. The third kappa shape index (κ3) is 6.96. The Kier molecular flexibility index (Phi) is 8.32. The average molecular weight is 484 g/mol. The van der Waals surface area contributed by atoms with Crippen LogP contribution in [0, 0.1) is 0 Å². The molecular weight excluding hydrogens is 454 g/mol. The van der Waals surface area contributed by atoms with E-state index in [2.05, 4.69) is 28.1 Å². The molecule has 0 atom stereocenters. The van der Waals surface area contributed by atoms with E-state index in [1.54, 1.807) is 31.4 Å². The van der Waals surface area contributed by atoms with Crippen molar-refractivity contribution in [3.8, 4) is 17.0 Å². The summed E-state index contributed by atoms with van der Waals surface area (Å²) in [6.45, 7) is 1.20. The van der Waals surface area contributed by atoms with Gasteiger partial charge in [0.25, 0.3) is 0 Å². The number of hydrogen-bond acceptors (Lipinski definition) is 4. The first-order valence-electron chi connectivity index (χ1n) is 11.7. The molecule has 0 unspecified atom stereocenters. The molecule has 3 N–H and O–H groups in total. The molecule has 3 aromatic carbocycles. The van der Waals surface area contributed by atoms with Crippen molar-refractivity contribution in [2.45, 2.75) is 19.5 Å². The Hall–Kier alpha value is -4.59. The molecule has 0 radical (unpaired) electrons. The summed E-state index contributed by atoms with van der Waals surface area (Å²) < 4.78 is 7.00. The fourth-order valence-electron chi connectivity index (χ4n) is 3.70. The van der Waals surface area contributed by atoms with Crippen LogP contribution < -0.4 is 20.7 Å². The van der Waals surface area contributed by atoms with Crippen LogP contribution in [-0.4, -0.2) is 35.4 Å². The zero-order chi connectivity index (χ0) is 25.2. The van der Waals surface area contributed by atoms with Gasteiger partial charge in [-0.05, 0) is 29.8 Å². The Morgan fingerprint density at radius 3 is 2.28 bits per heavy atom. The quantitative estimate of drug-likeness (QED) is 0.311. The van der Waals surface area contributed by atoms with E-state index in [1.165, 1.54) is 0 Å². The van der Waals surface area contributed by atoms with Crippen molar-refractivity contribution in [2.75, 3.05) is 19.0 Å². The predicted molar refractivity (Wildman–Crippen MR) is 140 cm³/mol. The van der Waals surface area contributed by atoms with E-state index in [4.69, 9.17) is 9.84 Å². The van der Waals surface area contributed by atoms with Gasteiger partial charge in [-0.1, -0.05) is 60.7 Å². The van der Waals surface area contributed by atoms with Crippen LogP contribution in [0.2, 0.25) is 0 Å². The summed E-state index contributed by atoms with van der Waals surface area (Å²) in [6.07, 6.45) is 2.13. The van der Waals surface area contributed by atoms with Crippen LogP contribution >= 0.6 is 0 Å². The second kappa shape index (κ2) is 12.2. The van der Waals surface area contributed by atoms with E-state index in [0.717, 1.165) is 22.4 Å². The molecule has 0 aliphatic heterocycles. The molecule has 0 bridgehead atoms. The number of amides is 3. The topological polar surface area (TPSA) is 97.3 Å². The van der Waals surface area contributed by atoms with Gasteiger partial charge in [-0.2, -0.15) is 5.10 Å². The molecular formula is C28H29N5O3. The van der Waals surface area contributed by atoms with Crippen molar-refractivity contribution in [3.63, 3.8) is 0 Å². The molecule has 184 valence electrons. The van der Waals surface area contributed by atoms with Crippen molar-refractivity contribution in [1.29, 1.82) is 0 Å². The lowest BCUT2D eigenvalue weighted by atomic mass is 10.1. The number of methoxy groups -OCH3 is 1. The van der Waals surface area contributed by atoms with Gasteiger partial charge in [0.05, 0.1) is 19.3 Å². The number of nitrogens with zero attached hydrogens (tertiary/aromatic N) is 2. The van der Waals surface area contributed by atoms with Gasteiger partial charge < -0.3 is 20.7 Å². The summed E-state index contributed by atoms with van der Waals surface area (Å²) in [5, 5.41) is 13.2. The summed E-state index contributed by atoms with van der Waals surface area (Å²) in [5.74, 6) is 0.549. The second-order valence-electron chi connectivity index (χ2n) is 8.19. The molecule has 8 nitrogen and oxygen atoms in total. The fraction of sp³-hybridized carbons (Fsp3) is 0.179. The molecule has 0 fully saturated rings. The van der Waals surface area contributed by atoms with E-state index in [0.29, 0.717) is 24.5 Å². The lowest BCUT2D eigenvalue weighted by Crippen LogP contribution is -2.33. The van der Waals surface area contributed by atoms with E-state index in [9.17, 15) is 9.59 Å². The highest BCUT2D eigenvalue weighted by atomic mass is 16.5. The van der Waals surface area contributed by atoms with Crippen LogP contribution in [0.15, 0.2) is 91.1 Å². The number of rotatable bonds is 10. The summed E-state index contributed by atoms with van der Waals surface area (Å²) in [5.41, 5.74) is 4.54. The molecule has 0 saturated carbocycles. The highest BCUT2D eigenvalue weighted by Crippen LogP contribution is 2.22. The number of carbonyl (C=O) groups excluding carboxylic acids is 2. The lowest BCUT2D eigenvalue weighted by Gasteiger charge is -2.09. The standard InChI is InChI=1S/C28H29N5O3/c1-36-25-14-12-24(13-15-25)31-28(35)29-17-16-26(34)30-18-23-20-33(19-21-8-4-2-5-9-21)32-27(23)22-10-6-3-7-11-22/h2-15,20H,16-19H2,1H3,(H,30,34)(H2,29,31,35). The molecule has 0 aliphatic carbocycles. The molecule has 4 aromatic rings. The predicted octanol–water partition coefficient (Wildman–Crippen LogP) is 4.44. The maximum atomic E-state index is 12.4. The summed E-state index contributed by atoms with van der Waals surface area (Å²) >= 11 is 0. The number of ether oxygens (including phenoxy) is 1. The van der Waals surface area contributed by atoms with Gasteiger partial charge in [-0.15, -0.1) is 0 Å². The van der Waals surface area contributed by atoms with E-state index >= 15 is 0 Å². The molecule has 3 amide bonds. The third-order valence-corrected chi connectivity index (χ3v) is 5.53. The van der Waals surface area contributed by atoms with Gasteiger partial charge in [0.15, 0.2) is 0 Å². The first-order valence-corrected chi connectivity index (χ1v) is 11.7. The van der Waals surface area contributed by atoms with Gasteiger partial charge in [-0.25, -0.2) is 4.79 Å². The SMILES string of the molecule is COc1ccc(NC(=O)NCCC(=O)NCc2cn(Cc3ccccc3)nc2-c2ccccc2)cc1. The van der Waals surface area contributed by atoms with Crippen LogP contribution in [0.3, 0.4) is 0 Å². The zero-order valence-electron chi connectivity index (χ0n) is 20.1. The largest absolute Gasteiger partial charge is 0.497 e. The fourth-order valence-corrected chi connectivity index (χ4v) is 3.70. The average Bonchev–Trinajstić information content (AvgIpc) is 3.31. The summed E-state index contributed by atoms with van der Waals surface area (Å²) in [4.78, 5) is 24.5. The number of benzene rings is 3.